The molecule has 0 saturated carbocycles. The Morgan fingerprint density at radius 2 is 1.89 bits per heavy atom. The molecule has 0 atom stereocenters. The third-order valence-electron chi connectivity index (χ3n) is 4.81. The number of hydrogen-bond acceptors (Lipinski definition) is 4. The number of aromatic nitrogens is 2. The maximum Gasteiger partial charge on any atom is 0.261 e. The molecule has 1 amide bonds. The van der Waals surface area contributed by atoms with Gasteiger partial charge in [0.2, 0.25) is 0 Å². The normalized spacial score (nSPS) is 10.9. The maximum absolute atomic E-state index is 12.5. The van der Waals surface area contributed by atoms with Crippen LogP contribution in [0.1, 0.15) is 50.1 Å². The Balaban J connectivity index is 1.59. The minimum absolute atomic E-state index is 0.0670. The van der Waals surface area contributed by atoms with Crippen LogP contribution >= 0.6 is 11.3 Å². The number of carbonyl (C=O) groups is 1. The molecule has 0 saturated heterocycles. The number of carbonyl (C=O) groups excluding carboxylic acids is 1. The molecule has 0 spiro atoms. The van der Waals surface area contributed by atoms with Crippen molar-refractivity contribution in [2.45, 2.75) is 54.3 Å². The van der Waals surface area contributed by atoms with Crippen molar-refractivity contribution >= 4 is 17.2 Å². The number of hydrogen-bond donors (Lipinski definition) is 1. The molecule has 3 aromatic rings. The summed E-state index contributed by atoms with van der Waals surface area (Å²) in [5.74, 6) is 0.855. The van der Waals surface area contributed by atoms with Crippen molar-refractivity contribution in [3.63, 3.8) is 0 Å². The Morgan fingerprint density at radius 1 is 1.18 bits per heavy atom. The predicted octanol–water partition coefficient (Wildman–Crippen LogP) is 4.71. The highest BCUT2D eigenvalue weighted by atomic mass is 32.1. The van der Waals surface area contributed by atoms with E-state index in [2.05, 4.69) is 50.2 Å². The molecule has 2 aromatic heterocycles. The second-order valence-electron chi connectivity index (χ2n) is 7.09. The van der Waals surface area contributed by atoms with Gasteiger partial charge in [-0.3, -0.25) is 9.48 Å². The highest BCUT2D eigenvalue weighted by Crippen LogP contribution is 2.26. The van der Waals surface area contributed by atoms with E-state index < -0.39 is 0 Å². The van der Waals surface area contributed by atoms with E-state index in [9.17, 15) is 4.79 Å². The van der Waals surface area contributed by atoms with Crippen molar-refractivity contribution in [2.24, 2.45) is 0 Å². The van der Waals surface area contributed by atoms with Crippen molar-refractivity contribution in [3.05, 3.63) is 68.2 Å². The Bertz CT molecular complexity index is 965. The van der Waals surface area contributed by atoms with Crippen molar-refractivity contribution in [3.8, 4) is 5.75 Å². The average Bonchev–Trinajstić information content (AvgIpc) is 3.25. The summed E-state index contributed by atoms with van der Waals surface area (Å²) in [4.78, 5) is 13.2. The Hall–Kier alpha value is -2.60. The Labute approximate surface area is 170 Å². The fraction of sp³-hybridized carbons (Fsp3) is 0.364. The van der Waals surface area contributed by atoms with Gasteiger partial charge in [0.1, 0.15) is 12.4 Å². The Kier molecular flexibility index (Phi) is 6.19. The van der Waals surface area contributed by atoms with Crippen molar-refractivity contribution in [2.75, 3.05) is 0 Å². The Morgan fingerprint density at radius 3 is 2.54 bits per heavy atom. The number of rotatable bonds is 7. The number of nitrogens with one attached hydrogen (secondary N) is 1. The standard InChI is InChI=1S/C22H27N3O2S/c1-6-25-17(5)19(11-24-25)10-23-22(26)20-9-18(13-28-20)12-27-21-15(3)7-14(2)8-16(21)4/h7-9,11,13H,6,10,12H2,1-5H3,(H,23,26). The van der Waals surface area contributed by atoms with Crippen LogP contribution in [-0.4, -0.2) is 15.7 Å². The molecule has 28 heavy (non-hydrogen) atoms. The molecular formula is C22H27N3O2S. The van der Waals surface area contributed by atoms with Gasteiger partial charge in [0, 0.05) is 29.9 Å². The topological polar surface area (TPSA) is 56.2 Å². The van der Waals surface area contributed by atoms with Gasteiger partial charge in [-0.05, 0) is 57.2 Å². The highest BCUT2D eigenvalue weighted by molar-refractivity contribution is 7.12. The van der Waals surface area contributed by atoms with Gasteiger partial charge in [-0.25, -0.2) is 0 Å². The zero-order chi connectivity index (χ0) is 20.3. The lowest BCUT2D eigenvalue weighted by Crippen LogP contribution is -2.22. The molecule has 0 aliphatic carbocycles. The van der Waals surface area contributed by atoms with Crippen LogP contribution in [0.2, 0.25) is 0 Å². The van der Waals surface area contributed by atoms with Crippen LogP contribution in [0.5, 0.6) is 5.75 Å². The van der Waals surface area contributed by atoms with Gasteiger partial charge >= 0.3 is 0 Å². The lowest BCUT2D eigenvalue weighted by molar-refractivity contribution is 0.0955. The van der Waals surface area contributed by atoms with E-state index in [1.165, 1.54) is 16.9 Å². The lowest BCUT2D eigenvalue weighted by Gasteiger charge is -2.12. The number of amides is 1. The average molecular weight is 398 g/mol. The molecule has 3 rings (SSSR count). The van der Waals surface area contributed by atoms with E-state index in [-0.39, 0.29) is 5.91 Å². The number of thiophene rings is 1. The van der Waals surface area contributed by atoms with Crippen molar-refractivity contribution < 1.29 is 9.53 Å². The monoisotopic (exact) mass is 397 g/mol. The first-order valence-electron chi connectivity index (χ1n) is 9.46. The van der Waals surface area contributed by atoms with Crippen LogP contribution in [0.25, 0.3) is 0 Å². The van der Waals surface area contributed by atoms with Crippen LogP contribution in [0, 0.1) is 27.7 Å². The summed E-state index contributed by atoms with van der Waals surface area (Å²) in [7, 11) is 0. The molecule has 1 aromatic carbocycles. The first-order valence-corrected chi connectivity index (χ1v) is 10.3. The number of benzene rings is 1. The first-order chi connectivity index (χ1) is 13.4. The largest absolute Gasteiger partial charge is 0.488 e. The van der Waals surface area contributed by atoms with E-state index in [0.29, 0.717) is 18.0 Å². The SMILES string of the molecule is CCn1ncc(CNC(=O)c2cc(COc3c(C)cc(C)cc3C)cs2)c1C. The van der Waals surface area contributed by atoms with Crippen LogP contribution in [0.15, 0.2) is 29.8 Å². The second kappa shape index (κ2) is 8.61. The summed E-state index contributed by atoms with van der Waals surface area (Å²) in [6.07, 6.45) is 1.82. The third-order valence-corrected chi connectivity index (χ3v) is 5.79. The summed E-state index contributed by atoms with van der Waals surface area (Å²) >= 11 is 1.44. The third kappa shape index (κ3) is 4.44. The smallest absolute Gasteiger partial charge is 0.261 e. The predicted molar refractivity (Wildman–Crippen MR) is 113 cm³/mol. The molecule has 1 N–H and O–H groups in total. The van der Waals surface area contributed by atoms with Crippen LogP contribution in [0.3, 0.4) is 0 Å². The molecule has 6 heteroatoms. The van der Waals surface area contributed by atoms with E-state index in [0.717, 1.165) is 40.2 Å². The molecule has 5 nitrogen and oxygen atoms in total. The van der Waals surface area contributed by atoms with Crippen LogP contribution in [0.4, 0.5) is 0 Å². The molecule has 0 aliphatic rings. The molecule has 2 heterocycles. The first kappa shape index (κ1) is 20.1. The van der Waals surface area contributed by atoms with E-state index in [4.69, 9.17) is 4.74 Å². The molecule has 0 aliphatic heterocycles. The van der Waals surface area contributed by atoms with Gasteiger partial charge in [-0.2, -0.15) is 5.10 Å². The number of aryl methyl sites for hydroxylation is 4. The molecule has 0 fully saturated rings. The summed E-state index contributed by atoms with van der Waals surface area (Å²) in [5.41, 5.74) is 6.64. The second-order valence-corrected chi connectivity index (χ2v) is 8.00. The summed E-state index contributed by atoms with van der Waals surface area (Å²) in [5, 5.41) is 9.28. The fourth-order valence-electron chi connectivity index (χ4n) is 3.36. The quantitative estimate of drug-likeness (QED) is 0.628. The minimum Gasteiger partial charge on any atom is -0.488 e. The fourth-order valence-corrected chi connectivity index (χ4v) is 4.17. The van der Waals surface area contributed by atoms with Crippen LogP contribution < -0.4 is 10.1 Å². The van der Waals surface area contributed by atoms with E-state index >= 15 is 0 Å². The minimum atomic E-state index is -0.0670. The molecule has 0 bridgehead atoms. The van der Waals surface area contributed by atoms with E-state index in [1.54, 1.807) is 0 Å². The van der Waals surface area contributed by atoms with E-state index in [1.807, 2.05) is 29.2 Å². The van der Waals surface area contributed by atoms with Gasteiger partial charge in [0.25, 0.3) is 5.91 Å². The lowest BCUT2D eigenvalue weighted by atomic mass is 10.1. The van der Waals surface area contributed by atoms with Gasteiger partial charge in [-0.15, -0.1) is 11.3 Å². The zero-order valence-electron chi connectivity index (χ0n) is 17.1. The number of nitrogens with zero attached hydrogens (tertiary/aromatic N) is 2. The number of ether oxygens (including phenoxy) is 1. The summed E-state index contributed by atoms with van der Waals surface area (Å²) in [6.45, 7) is 12.0. The molecule has 148 valence electrons. The highest BCUT2D eigenvalue weighted by Gasteiger charge is 2.12. The maximum atomic E-state index is 12.5. The van der Waals surface area contributed by atoms with Gasteiger partial charge in [-0.1, -0.05) is 17.7 Å². The molecular weight excluding hydrogens is 370 g/mol. The van der Waals surface area contributed by atoms with Crippen molar-refractivity contribution in [1.82, 2.24) is 15.1 Å². The van der Waals surface area contributed by atoms with Gasteiger partial charge < -0.3 is 10.1 Å². The zero-order valence-corrected chi connectivity index (χ0v) is 17.9. The molecule has 0 unspecified atom stereocenters. The summed E-state index contributed by atoms with van der Waals surface area (Å²) < 4.78 is 7.95. The van der Waals surface area contributed by atoms with Gasteiger partial charge in [0.05, 0.1) is 11.1 Å². The van der Waals surface area contributed by atoms with Crippen molar-refractivity contribution in [1.29, 1.82) is 0 Å². The van der Waals surface area contributed by atoms with Gasteiger partial charge in [0.15, 0.2) is 0 Å². The molecule has 0 radical (unpaired) electrons. The summed E-state index contributed by atoms with van der Waals surface area (Å²) in [6, 6.07) is 6.15. The van der Waals surface area contributed by atoms with Crippen LogP contribution in [-0.2, 0) is 19.7 Å².